The summed E-state index contributed by atoms with van der Waals surface area (Å²) in [7, 11) is 1.65. The second kappa shape index (κ2) is 8.48. The molecule has 106 valence electrons. The number of hydrogen-bond donors (Lipinski definition) is 2. The second-order valence-corrected chi connectivity index (χ2v) is 4.81. The SMILES string of the molecule is COCCCNC(=O)c1ccnc(NCC(C)C)c1. The number of rotatable bonds is 8. The summed E-state index contributed by atoms with van der Waals surface area (Å²) in [5.41, 5.74) is 0.624. The Kier molecular flexibility index (Phi) is 6.89. The maximum absolute atomic E-state index is 11.9. The molecule has 0 aliphatic rings. The zero-order valence-corrected chi connectivity index (χ0v) is 11.9. The van der Waals surface area contributed by atoms with Gasteiger partial charge < -0.3 is 15.4 Å². The van der Waals surface area contributed by atoms with Crippen molar-refractivity contribution < 1.29 is 9.53 Å². The Morgan fingerprint density at radius 1 is 1.47 bits per heavy atom. The predicted molar refractivity (Wildman–Crippen MR) is 76.4 cm³/mol. The van der Waals surface area contributed by atoms with Gasteiger partial charge in [-0.25, -0.2) is 4.98 Å². The Labute approximate surface area is 114 Å². The average Bonchev–Trinajstić information content (AvgIpc) is 2.41. The van der Waals surface area contributed by atoms with Gasteiger partial charge in [0, 0.05) is 38.6 Å². The minimum absolute atomic E-state index is 0.0777. The summed E-state index contributed by atoms with van der Waals surface area (Å²) in [6, 6.07) is 3.49. The number of nitrogens with zero attached hydrogens (tertiary/aromatic N) is 1. The Morgan fingerprint density at radius 3 is 2.95 bits per heavy atom. The van der Waals surface area contributed by atoms with Crippen LogP contribution in [0, 0.1) is 5.92 Å². The third kappa shape index (κ3) is 6.20. The van der Waals surface area contributed by atoms with Crippen LogP contribution in [0.3, 0.4) is 0 Å². The molecule has 5 nitrogen and oxygen atoms in total. The van der Waals surface area contributed by atoms with Gasteiger partial charge in [0.1, 0.15) is 5.82 Å². The van der Waals surface area contributed by atoms with Crippen LogP contribution in [0.2, 0.25) is 0 Å². The second-order valence-electron chi connectivity index (χ2n) is 4.81. The van der Waals surface area contributed by atoms with Crippen molar-refractivity contribution >= 4 is 11.7 Å². The fraction of sp³-hybridized carbons (Fsp3) is 0.571. The molecule has 0 unspecified atom stereocenters. The van der Waals surface area contributed by atoms with Crippen LogP contribution in [-0.4, -0.2) is 37.7 Å². The van der Waals surface area contributed by atoms with E-state index in [1.165, 1.54) is 0 Å². The topological polar surface area (TPSA) is 63.2 Å². The van der Waals surface area contributed by atoms with E-state index in [4.69, 9.17) is 4.74 Å². The maximum atomic E-state index is 11.9. The van der Waals surface area contributed by atoms with Gasteiger partial charge in [-0.1, -0.05) is 13.8 Å². The van der Waals surface area contributed by atoms with E-state index in [1.807, 2.05) is 0 Å². The first kappa shape index (κ1) is 15.4. The molecule has 0 saturated carbocycles. The highest BCUT2D eigenvalue weighted by Gasteiger charge is 2.06. The molecule has 1 aromatic heterocycles. The van der Waals surface area contributed by atoms with Crippen LogP contribution < -0.4 is 10.6 Å². The van der Waals surface area contributed by atoms with Gasteiger partial charge >= 0.3 is 0 Å². The molecule has 0 fully saturated rings. The Balaban J connectivity index is 2.48. The summed E-state index contributed by atoms with van der Waals surface area (Å²) >= 11 is 0. The number of carbonyl (C=O) groups excluding carboxylic acids is 1. The fourth-order valence-corrected chi connectivity index (χ4v) is 1.50. The van der Waals surface area contributed by atoms with E-state index in [0.29, 0.717) is 24.6 Å². The monoisotopic (exact) mass is 265 g/mol. The Hall–Kier alpha value is -1.62. The first-order chi connectivity index (χ1) is 9.13. The standard InChI is InChI=1S/C14H23N3O2/c1-11(2)10-17-13-9-12(5-7-15-13)14(18)16-6-4-8-19-3/h5,7,9,11H,4,6,8,10H2,1-3H3,(H,15,17)(H,16,18). The van der Waals surface area contributed by atoms with E-state index in [-0.39, 0.29) is 5.91 Å². The number of hydrogen-bond acceptors (Lipinski definition) is 4. The lowest BCUT2D eigenvalue weighted by Crippen LogP contribution is -2.25. The van der Waals surface area contributed by atoms with Gasteiger partial charge in [0.15, 0.2) is 0 Å². The van der Waals surface area contributed by atoms with Gasteiger partial charge in [-0.3, -0.25) is 4.79 Å². The van der Waals surface area contributed by atoms with E-state index < -0.39 is 0 Å². The van der Waals surface area contributed by atoms with Crippen LogP contribution in [0.5, 0.6) is 0 Å². The highest BCUT2D eigenvalue weighted by Crippen LogP contribution is 2.07. The van der Waals surface area contributed by atoms with Crippen LogP contribution in [0.25, 0.3) is 0 Å². The molecule has 0 aliphatic carbocycles. The van der Waals surface area contributed by atoms with Crippen molar-refractivity contribution in [1.82, 2.24) is 10.3 Å². The largest absolute Gasteiger partial charge is 0.385 e. The molecule has 1 rings (SSSR count). The van der Waals surface area contributed by atoms with Crippen molar-refractivity contribution in [3.8, 4) is 0 Å². The minimum atomic E-state index is -0.0777. The molecule has 1 aromatic rings. The molecule has 2 N–H and O–H groups in total. The number of carbonyl (C=O) groups is 1. The maximum Gasteiger partial charge on any atom is 0.251 e. The molecule has 1 heterocycles. The van der Waals surface area contributed by atoms with Crippen molar-refractivity contribution in [3.63, 3.8) is 0 Å². The predicted octanol–water partition coefficient (Wildman–Crippen LogP) is 1.92. The van der Waals surface area contributed by atoms with E-state index in [2.05, 4.69) is 29.5 Å². The molecule has 0 aromatic carbocycles. The van der Waals surface area contributed by atoms with Crippen LogP contribution in [0.15, 0.2) is 18.3 Å². The highest BCUT2D eigenvalue weighted by molar-refractivity contribution is 5.94. The van der Waals surface area contributed by atoms with Gasteiger partial charge in [-0.05, 0) is 24.5 Å². The molecule has 0 atom stereocenters. The van der Waals surface area contributed by atoms with Crippen LogP contribution in [0.4, 0.5) is 5.82 Å². The number of ether oxygens (including phenoxy) is 1. The van der Waals surface area contributed by atoms with Gasteiger partial charge in [0.25, 0.3) is 5.91 Å². The summed E-state index contributed by atoms with van der Waals surface area (Å²) < 4.78 is 4.93. The highest BCUT2D eigenvalue weighted by atomic mass is 16.5. The van der Waals surface area contributed by atoms with E-state index in [9.17, 15) is 4.79 Å². The molecular weight excluding hydrogens is 242 g/mol. The van der Waals surface area contributed by atoms with Crippen molar-refractivity contribution in [2.75, 3.05) is 32.1 Å². The van der Waals surface area contributed by atoms with Gasteiger partial charge in [-0.2, -0.15) is 0 Å². The summed E-state index contributed by atoms with van der Waals surface area (Å²) in [6.45, 7) is 6.35. The average molecular weight is 265 g/mol. The Bertz CT molecular complexity index is 394. The lowest BCUT2D eigenvalue weighted by atomic mass is 10.2. The molecule has 19 heavy (non-hydrogen) atoms. The number of anilines is 1. The quantitative estimate of drug-likeness (QED) is 0.705. The number of nitrogens with one attached hydrogen (secondary N) is 2. The van der Waals surface area contributed by atoms with Crippen LogP contribution in [0.1, 0.15) is 30.6 Å². The van der Waals surface area contributed by atoms with Crippen molar-refractivity contribution in [2.24, 2.45) is 5.92 Å². The van der Waals surface area contributed by atoms with E-state index in [0.717, 1.165) is 18.8 Å². The molecular formula is C14H23N3O2. The third-order valence-electron chi connectivity index (χ3n) is 2.52. The molecule has 0 bridgehead atoms. The fourth-order valence-electron chi connectivity index (χ4n) is 1.50. The van der Waals surface area contributed by atoms with Crippen LogP contribution in [-0.2, 0) is 4.74 Å². The summed E-state index contributed by atoms with van der Waals surface area (Å²) in [4.78, 5) is 16.1. The summed E-state index contributed by atoms with van der Waals surface area (Å²) in [5, 5.41) is 6.06. The first-order valence-corrected chi connectivity index (χ1v) is 6.60. The van der Waals surface area contributed by atoms with Gasteiger partial charge in [-0.15, -0.1) is 0 Å². The van der Waals surface area contributed by atoms with E-state index in [1.54, 1.807) is 25.4 Å². The minimum Gasteiger partial charge on any atom is -0.385 e. The van der Waals surface area contributed by atoms with E-state index >= 15 is 0 Å². The third-order valence-corrected chi connectivity index (χ3v) is 2.52. The number of amides is 1. The molecule has 0 spiro atoms. The summed E-state index contributed by atoms with van der Waals surface area (Å²) in [5.74, 6) is 1.19. The van der Waals surface area contributed by atoms with Crippen molar-refractivity contribution in [1.29, 1.82) is 0 Å². The lowest BCUT2D eigenvalue weighted by molar-refractivity contribution is 0.0948. The van der Waals surface area contributed by atoms with Crippen molar-refractivity contribution in [3.05, 3.63) is 23.9 Å². The lowest BCUT2D eigenvalue weighted by Gasteiger charge is -2.09. The molecule has 1 amide bonds. The normalized spacial score (nSPS) is 10.5. The molecule has 0 saturated heterocycles. The van der Waals surface area contributed by atoms with Crippen molar-refractivity contribution in [2.45, 2.75) is 20.3 Å². The van der Waals surface area contributed by atoms with Gasteiger partial charge in [0.2, 0.25) is 0 Å². The molecule has 0 radical (unpaired) electrons. The van der Waals surface area contributed by atoms with Gasteiger partial charge in [0.05, 0.1) is 0 Å². The number of pyridine rings is 1. The zero-order chi connectivity index (χ0) is 14.1. The number of aromatic nitrogens is 1. The summed E-state index contributed by atoms with van der Waals surface area (Å²) in [6.07, 6.45) is 2.46. The smallest absolute Gasteiger partial charge is 0.251 e. The zero-order valence-electron chi connectivity index (χ0n) is 11.9. The van der Waals surface area contributed by atoms with Crippen LogP contribution >= 0.6 is 0 Å². The Morgan fingerprint density at radius 2 is 2.26 bits per heavy atom. The molecule has 0 aliphatic heterocycles. The molecule has 5 heteroatoms. The number of methoxy groups -OCH3 is 1. The first-order valence-electron chi connectivity index (χ1n) is 6.60.